The van der Waals surface area contributed by atoms with Crippen LogP contribution in [0.4, 0.5) is 0 Å². The van der Waals surface area contributed by atoms with Crippen molar-refractivity contribution < 1.29 is 4.74 Å². The third-order valence-corrected chi connectivity index (χ3v) is 3.41. The summed E-state index contributed by atoms with van der Waals surface area (Å²) in [5, 5.41) is 15.9. The van der Waals surface area contributed by atoms with Crippen molar-refractivity contribution in [2.75, 3.05) is 19.4 Å². The highest BCUT2D eigenvalue weighted by atomic mass is 32.2. The second-order valence-electron chi connectivity index (χ2n) is 4.15. The molecule has 1 atom stereocenters. The van der Waals surface area contributed by atoms with Crippen LogP contribution in [0.1, 0.15) is 20.8 Å². The van der Waals surface area contributed by atoms with Crippen LogP contribution in [0.15, 0.2) is 5.16 Å². The number of aromatic nitrogens is 4. The number of nitrogens with zero attached hydrogens (tertiary/aromatic N) is 4. The van der Waals surface area contributed by atoms with E-state index in [1.165, 1.54) is 0 Å². The molecule has 0 spiro atoms. The first-order chi connectivity index (χ1) is 8.13. The fourth-order valence-corrected chi connectivity index (χ4v) is 2.05. The summed E-state index contributed by atoms with van der Waals surface area (Å²) in [5.74, 6) is 0.856. The second kappa shape index (κ2) is 7.62. The molecule has 1 heterocycles. The van der Waals surface area contributed by atoms with Gasteiger partial charge in [0.2, 0.25) is 5.16 Å². The summed E-state index contributed by atoms with van der Waals surface area (Å²) in [6.45, 7) is 7.93. The molecule has 17 heavy (non-hydrogen) atoms. The van der Waals surface area contributed by atoms with Crippen molar-refractivity contribution in [1.29, 1.82) is 0 Å². The lowest BCUT2D eigenvalue weighted by Gasteiger charge is -2.10. The van der Waals surface area contributed by atoms with Gasteiger partial charge >= 0.3 is 0 Å². The number of tetrazole rings is 1. The molecule has 0 aliphatic rings. The van der Waals surface area contributed by atoms with Crippen LogP contribution in [0.2, 0.25) is 0 Å². The van der Waals surface area contributed by atoms with Gasteiger partial charge in [0.15, 0.2) is 0 Å². The molecule has 1 rings (SSSR count). The molecule has 0 saturated carbocycles. The van der Waals surface area contributed by atoms with Crippen LogP contribution in [0, 0.1) is 0 Å². The SMILES string of the molecule is COC(C)CSc1nnnn1CCNC(C)C. The van der Waals surface area contributed by atoms with E-state index in [1.807, 2.05) is 11.6 Å². The Kier molecular flexibility index (Phi) is 6.46. The summed E-state index contributed by atoms with van der Waals surface area (Å²) in [6.07, 6.45) is 0.207. The molecule has 0 aliphatic carbocycles. The first kappa shape index (κ1) is 14.4. The van der Waals surface area contributed by atoms with Crippen molar-refractivity contribution in [3.63, 3.8) is 0 Å². The second-order valence-corrected chi connectivity index (χ2v) is 5.14. The van der Waals surface area contributed by atoms with E-state index in [1.54, 1.807) is 18.9 Å². The number of nitrogens with one attached hydrogen (secondary N) is 1. The molecule has 0 amide bonds. The van der Waals surface area contributed by atoms with Crippen LogP contribution >= 0.6 is 11.8 Å². The van der Waals surface area contributed by atoms with Gasteiger partial charge in [0.05, 0.1) is 12.6 Å². The molecule has 0 radical (unpaired) electrons. The topological polar surface area (TPSA) is 64.9 Å². The molecule has 0 aliphatic heterocycles. The minimum atomic E-state index is 0.207. The summed E-state index contributed by atoms with van der Waals surface area (Å²) in [6, 6.07) is 0.482. The number of hydrogen-bond acceptors (Lipinski definition) is 6. The first-order valence-corrected chi connectivity index (χ1v) is 6.77. The van der Waals surface area contributed by atoms with E-state index in [0.29, 0.717) is 6.04 Å². The summed E-state index contributed by atoms with van der Waals surface area (Å²) in [7, 11) is 1.71. The Bertz CT molecular complexity index is 317. The van der Waals surface area contributed by atoms with E-state index in [2.05, 4.69) is 34.7 Å². The van der Waals surface area contributed by atoms with Crippen molar-refractivity contribution in [3.05, 3.63) is 0 Å². The Morgan fingerprint density at radius 2 is 2.18 bits per heavy atom. The average Bonchev–Trinajstić information content (AvgIpc) is 2.73. The molecule has 0 fully saturated rings. The highest BCUT2D eigenvalue weighted by Gasteiger charge is 2.08. The van der Waals surface area contributed by atoms with E-state index in [4.69, 9.17) is 4.74 Å². The van der Waals surface area contributed by atoms with Gasteiger partial charge in [-0.05, 0) is 17.4 Å². The smallest absolute Gasteiger partial charge is 0.209 e. The van der Waals surface area contributed by atoms with Gasteiger partial charge in [0, 0.05) is 25.4 Å². The van der Waals surface area contributed by atoms with Gasteiger partial charge in [-0.2, -0.15) is 0 Å². The quantitative estimate of drug-likeness (QED) is 0.697. The van der Waals surface area contributed by atoms with E-state index in [-0.39, 0.29) is 6.10 Å². The number of methoxy groups -OCH3 is 1. The molecule has 1 aromatic heterocycles. The monoisotopic (exact) mass is 259 g/mol. The summed E-state index contributed by atoms with van der Waals surface area (Å²) in [5.41, 5.74) is 0. The van der Waals surface area contributed by atoms with Crippen molar-refractivity contribution in [2.24, 2.45) is 0 Å². The van der Waals surface area contributed by atoms with Gasteiger partial charge < -0.3 is 10.1 Å². The Balaban J connectivity index is 2.37. The van der Waals surface area contributed by atoms with Gasteiger partial charge in [0.1, 0.15) is 0 Å². The fraction of sp³-hybridized carbons (Fsp3) is 0.900. The van der Waals surface area contributed by atoms with Crippen LogP contribution in [-0.4, -0.2) is 51.8 Å². The van der Waals surface area contributed by atoms with E-state index >= 15 is 0 Å². The minimum absolute atomic E-state index is 0.207. The number of thioether (sulfide) groups is 1. The van der Waals surface area contributed by atoms with Crippen molar-refractivity contribution in [1.82, 2.24) is 25.5 Å². The maximum absolute atomic E-state index is 5.19. The molecule has 0 aromatic carbocycles. The van der Waals surface area contributed by atoms with Gasteiger partial charge in [-0.3, -0.25) is 0 Å². The predicted molar refractivity (Wildman–Crippen MR) is 68.2 cm³/mol. The van der Waals surface area contributed by atoms with Crippen LogP contribution in [0.25, 0.3) is 0 Å². The summed E-state index contributed by atoms with van der Waals surface area (Å²) >= 11 is 1.62. The molecular formula is C10H21N5OS. The van der Waals surface area contributed by atoms with Crippen molar-refractivity contribution in [3.8, 4) is 0 Å². The van der Waals surface area contributed by atoms with Crippen LogP contribution in [0.5, 0.6) is 0 Å². The number of ether oxygens (including phenoxy) is 1. The molecular weight excluding hydrogens is 238 g/mol. The van der Waals surface area contributed by atoms with E-state index in [9.17, 15) is 0 Å². The Morgan fingerprint density at radius 1 is 1.41 bits per heavy atom. The summed E-state index contributed by atoms with van der Waals surface area (Å²) in [4.78, 5) is 0. The largest absolute Gasteiger partial charge is 0.381 e. The fourth-order valence-electron chi connectivity index (χ4n) is 1.16. The molecule has 98 valence electrons. The normalized spacial score (nSPS) is 13.2. The van der Waals surface area contributed by atoms with Crippen molar-refractivity contribution >= 4 is 11.8 Å². The highest BCUT2D eigenvalue weighted by Crippen LogP contribution is 2.15. The molecule has 0 saturated heterocycles. The molecule has 7 heteroatoms. The molecule has 1 unspecified atom stereocenters. The molecule has 1 aromatic rings. The average molecular weight is 259 g/mol. The third-order valence-electron chi connectivity index (χ3n) is 2.22. The maximum atomic E-state index is 5.19. The van der Waals surface area contributed by atoms with Crippen LogP contribution in [-0.2, 0) is 11.3 Å². The Morgan fingerprint density at radius 3 is 2.82 bits per heavy atom. The molecule has 6 nitrogen and oxygen atoms in total. The number of hydrogen-bond donors (Lipinski definition) is 1. The minimum Gasteiger partial charge on any atom is -0.381 e. The van der Waals surface area contributed by atoms with Crippen LogP contribution in [0.3, 0.4) is 0 Å². The summed E-state index contributed by atoms with van der Waals surface area (Å²) < 4.78 is 7.01. The van der Waals surface area contributed by atoms with Gasteiger partial charge in [-0.1, -0.05) is 25.6 Å². The lowest BCUT2D eigenvalue weighted by atomic mass is 10.4. The highest BCUT2D eigenvalue weighted by molar-refractivity contribution is 7.99. The standard InChI is InChI=1S/C10H21N5OS/c1-8(2)11-5-6-15-10(12-13-14-15)17-7-9(3)16-4/h8-9,11H,5-7H2,1-4H3. The lowest BCUT2D eigenvalue weighted by molar-refractivity contribution is 0.137. The van der Waals surface area contributed by atoms with Crippen molar-refractivity contribution in [2.45, 2.75) is 44.6 Å². The molecule has 0 bridgehead atoms. The van der Waals surface area contributed by atoms with Gasteiger partial charge in [-0.25, -0.2) is 4.68 Å². The number of rotatable bonds is 8. The Hall–Kier alpha value is -0.660. The lowest BCUT2D eigenvalue weighted by Crippen LogP contribution is -2.27. The van der Waals surface area contributed by atoms with E-state index in [0.717, 1.165) is 24.0 Å². The molecule has 1 N–H and O–H groups in total. The maximum Gasteiger partial charge on any atom is 0.209 e. The third kappa shape index (κ3) is 5.47. The van der Waals surface area contributed by atoms with Gasteiger partial charge in [0.25, 0.3) is 0 Å². The first-order valence-electron chi connectivity index (χ1n) is 5.78. The van der Waals surface area contributed by atoms with E-state index < -0.39 is 0 Å². The zero-order chi connectivity index (χ0) is 12.7. The van der Waals surface area contributed by atoms with Crippen LogP contribution < -0.4 is 5.32 Å². The van der Waals surface area contributed by atoms with Gasteiger partial charge in [-0.15, -0.1) is 5.10 Å². The Labute approximate surface area is 106 Å². The zero-order valence-corrected chi connectivity index (χ0v) is 11.7. The zero-order valence-electron chi connectivity index (χ0n) is 10.9. The predicted octanol–water partition coefficient (Wildman–Crippen LogP) is 0.798.